The highest BCUT2D eigenvalue weighted by atomic mass is 19.3. The van der Waals surface area contributed by atoms with Crippen LogP contribution in [0.15, 0.2) is 24.3 Å². The molecule has 15 heavy (non-hydrogen) atoms. The van der Waals surface area contributed by atoms with E-state index < -0.39 is 13.0 Å². The van der Waals surface area contributed by atoms with Gasteiger partial charge >= 0.3 is 0 Å². The van der Waals surface area contributed by atoms with Gasteiger partial charge in [0.05, 0.1) is 6.61 Å². The number of halogens is 2. The molecule has 3 nitrogen and oxygen atoms in total. The van der Waals surface area contributed by atoms with Crippen LogP contribution in [0, 0.1) is 0 Å². The molecule has 1 aromatic carbocycles. The largest absolute Gasteiger partial charge is 0.399 e. The van der Waals surface area contributed by atoms with Crippen molar-refractivity contribution in [2.75, 3.05) is 30.8 Å². The third-order valence-corrected chi connectivity index (χ3v) is 1.73. The zero-order valence-corrected chi connectivity index (χ0v) is 8.25. The van der Waals surface area contributed by atoms with E-state index in [2.05, 4.69) is 5.32 Å². The van der Waals surface area contributed by atoms with E-state index in [0.717, 1.165) is 5.69 Å². The predicted molar refractivity (Wildman–Crippen MR) is 56.2 cm³/mol. The molecule has 0 spiro atoms. The number of hydrogen-bond donors (Lipinski definition) is 2. The summed E-state index contributed by atoms with van der Waals surface area (Å²) in [6, 6.07) is 7.18. The second-order valence-electron chi connectivity index (χ2n) is 3.01. The highest BCUT2D eigenvalue weighted by Gasteiger charge is 2.00. The fourth-order valence-electron chi connectivity index (χ4n) is 1.04. The SMILES string of the molecule is Nc1ccc(NCCOCC(F)F)cc1. The van der Waals surface area contributed by atoms with Crippen LogP contribution in [0.3, 0.4) is 0 Å². The summed E-state index contributed by atoms with van der Waals surface area (Å²) in [7, 11) is 0. The molecule has 1 rings (SSSR count). The predicted octanol–water partition coefficient (Wildman–Crippen LogP) is 1.96. The van der Waals surface area contributed by atoms with Crippen molar-refractivity contribution in [3.63, 3.8) is 0 Å². The van der Waals surface area contributed by atoms with Crippen LogP contribution in [-0.2, 0) is 4.74 Å². The summed E-state index contributed by atoms with van der Waals surface area (Å²) in [4.78, 5) is 0. The van der Waals surface area contributed by atoms with E-state index in [1.807, 2.05) is 12.1 Å². The van der Waals surface area contributed by atoms with E-state index in [0.29, 0.717) is 12.2 Å². The van der Waals surface area contributed by atoms with Crippen LogP contribution in [0.2, 0.25) is 0 Å². The average molecular weight is 216 g/mol. The Balaban J connectivity index is 2.12. The molecular formula is C10H14F2N2O. The molecule has 84 valence electrons. The monoisotopic (exact) mass is 216 g/mol. The molecule has 0 saturated carbocycles. The molecule has 0 amide bonds. The fourth-order valence-corrected chi connectivity index (χ4v) is 1.04. The Hall–Kier alpha value is -1.36. The van der Waals surface area contributed by atoms with E-state index in [-0.39, 0.29) is 6.61 Å². The van der Waals surface area contributed by atoms with Gasteiger partial charge in [-0.1, -0.05) is 0 Å². The van der Waals surface area contributed by atoms with E-state index in [4.69, 9.17) is 10.5 Å². The van der Waals surface area contributed by atoms with E-state index in [1.54, 1.807) is 12.1 Å². The summed E-state index contributed by atoms with van der Waals surface area (Å²) in [6.45, 7) is 0.245. The van der Waals surface area contributed by atoms with Crippen molar-refractivity contribution in [1.29, 1.82) is 0 Å². The lowest BCUT2D eigenvalue weighted by molar-refractivity contribution is 0.0215. The number of hydrogen-bond acceptors (Lipinski definition) is 3. The maximum Gasteiger partial charge on any atom is 0.261 e. The minimum atomic E-state index is -2.40. The number of alkyl halides is 2. The van der Waals surface area contributed by atoms with Crippen LogP contribution < -0.4 is 11.1 Å². The minimum Gasteiger partial charge on any atom is -0.399 e. The first-order valence-electron chi connectivity index (χ1n) is 4.64. The van der Waals surface area contributed by atoms with Crippen LogP contribution >= 0.6 is 0 Å². The summed E-state index contributed by atoms with van der Waals surface area (Å²) >= 11 is 0. The number of ether oxygens (including phenoxy) is 1. The fraction of sp³-hybridized carbons (Fsp3) is 0.400. The van der Waals surface area contributed by atoms with Gasteiger partial charge in [0.25, 0.3) is 6.43 Å². The smallest absolute Gasteiger partial charge is 0.261 e. The quantitative estimate of drug-likeness (QED) is 0.564. The molecule has 0 fully saturated rings. The highest BCUT2D eigenvalue weighted by Crippen LogP contribution is 2.09. The van der Waals surface area contributed by atoms with Crippen molar-refractivity contribution in [1.82, 2.24) is 0 Å². The Morgan fingerprint density at radius 2 is 1.93 bits per heavy atom. The maximum absolute atomic E-state index is 11.7. The molecule has 0 saturated heterocycles. The second-order valence-corrected chi connectivity index (χ2v) is 3.01. The molecule has 1 aromatic rings. The maximum atomic E-state index is 11.7. The molecule has 0 aliphatic carbocycles. The van der Waals surface area contributed by atoms with E-state index in [1.165, 1.54) is 0 Å². The molecule has 0 unspecified atom stereocenters. The molecule has 0 aliphatic rings. The Kier molecular flexibility index (Phi) is 4.83. The van der Waals surface area contributed by atoms with Gasteiger partial charge in [0.1, 0.15) is 6.61 Å². The van der Waals surface area contributed by atoms with Gasteiger partial charge in [0.15, 0.2) is 0 Å². The Morgan fingerprint density at radius 1 is 1.27 bits per heavy atom. The number of benzene rings is 1. The van der Waals surface area contributed by atoms with Crippen molar-refractivity contribution in [3.05, 3.63) is 24.3 Å². The molecule has 0 heterocycles. The first-order chi connectivity index (χ1) is 7.18. The summed E-state index contributed by atoms with van der Waals surface area (Å²) in [5.74, 6) is 0. The van der Waals surface area contributed by atoms with Crippen LogP contribution in [-0.4, -0.2) is 26.2 Å². The molecule has 0 bridgehead atoms. The van der Waals surface area contributed by atoms with E-state index in [9.17, 15) is 8.78 Å². The van der Waals surface area contributed by atoms with Gasteiger partial charge in [-0.25, -0.2) is 8.78 Å². The number of nitrogens with two attached hydrogens (primary N) is 1. The lowest BCUT2D eigenvalue weighted by Crippen LogP contribution is -2.13. The van der Waals surface area contributed by atoms with Crippen molar-refractivity contribution in [2.45, 2.75) is 6.43 Å². The highest BCUT2D eigenvalue weighted by molar-refractivity contribution is 5.51. The van der Waals surface area contributed by atoms with Crippen molar-refractivity contribution in [2.24, 2.45) is 0 Å². The van der Waals surface area contributed by atoms with Gasteiger partial charge in [-0.05, 0) is 24.3 Å². The van der Waals surface area contributed by atoms with Gasteiger partial charge < -0.3 is 15.8 Å². The topological polar surface area (TPSA) is 47.3 Å². The van der Waals surface area contributed by atoms with Crippen molar-refractivity contribution >= 4 is 11.4 Å². The molecule has 0 atom stereocenters. The Morgan fingerprint density at radius 3 is 2.53 bits per heavy atom. The number of anilines is 2. The van der Waals surface area contributed by atoms with Crippen LogP contribution in [0.5, 0.6) is 0 Å². The van der Waals surface area contributed by atoms with Gasteiger partial charge in [-0.15, -0.1) is 0 Å². The van der Waals surface area contributed by atoms with Crippen molar-refractivity contribution in [3.8, 4) is 0 Å². The summed E-state index contributed by atoms with van der Waals surface area (Å²) in [5.41, 5.74) is 7.08. The number of rotatable bonds is 6. The molecule has 0 aromatic heterocycles. The van der Waals surface area contributed by atoms with Gasteiger partial charge in [-0.2, -0.15) is 0 Å². The summed E-state index contributed by atoms with van der Waals surface area (Å²) < 4.78 is 28.0. The third-order valence-electron chi connectivity index (χ3n) is 1.73. The van der Waals surface area contributed by atoms with Crippen LogP contribution in [0.25, 0.3) is 0 Å². The normalized spacial score (nSPS) is 10.6. The summed E-state index contributed by atoms with van der Waals surface area (Å²) in [5, 5.41) is 3.02. The molecule has 0 aliphatic heterocycles. The lowest BCUT2D eigenvalue weighted by Gasteiger charge is -2.07. The third kappa shape index (κ3) is 5.17. The van der Waals surface area contributed by atoms with Gasteiger partial charge in [-0.3, -0.25) is 0 Å². The molecular weight excluding hydrogens is 202 g/mol. The minimum absolute atomic E-state index is 0.259. The van der Waals surface area contributed by atoms with Gasteiger partial charge in [0.2, 0.25) is 0 Å². The first-order valence-corrected chi connectivity index (χ1v) is 4.64. The molecule has 0 radical (unpaired) electrons. The molecule has 5 heteroatoms. The van der Waals surface area contributed by atoms with Crippen LogP contribution in [0.4, 0.5) is 20.2 Å². The van der Waals surface area contributed by atoms with Crippen LogP contribution in [0.1, 0.15) is 0 Å². The second kappa shape index (κ2) is 6.19. The standard InChI is InChI=1S/C10H14F2N2O/c11-10(12)7-15-6-5-14-9-3-1-8(13)2-4-9/h1-4,10,14H,5-7,13H2. The average Bonchev–Trinajstić information content (AvgIpc) is 2.20. The zero-order chi connectivity index (χ0) is 11.1. The first kappa shape index (κ1) is 11.7. The zero-order valence-electron chi connectivity index (χ0n) is 8.25. The number of nitrogen functional groups attached to an aromatic ring is 1. The van der Waals surface area contributed by atoms with Crippen molar-refractivity contribution < 1.29 is 13.5 Å². The van der Waals surface area contributed by atoms with Gasteiger partial charge in [0, 0.05) is 17.9 Å². The lowest BCUT2D eigenvalue weighted by atomic mass is 10.3. The number of nitrogens with one attached hydrogen (secondary N) is 1. The molecule has 3 N–H and O–H groups in total. The Labute approximate surface area is 87.2 Å². The Bertz CT molecular complexity index is 277. The summed E-state index contributed by atoms with van der Waals surface area (Å²) in [6.07, 6.45) is -2.40. The van der Waals surface area contributed by atoms with E-state index >= 15 is 0 Å².